The van der Waals surface area contributed by atoms with Crippen molar-refractivity contribution < 1.29 is 0 Å². The first kappa shape index (κ1) is 15.5. The first-order chi connectivity index (χ1) is 9.79. The summed E-state index contributed by atoms with van der Waals surface area (Å²) in [6.07, 6.45) is 0. The van der Waals surface area contributed by atoms with Gasteiger partial charge in [0.25, 0.3) is 0 Å². The Bertz CT molecular complexity index is 642. The lowest BCUT2D eigenvalue weighted by Crippen LogP contribution is -2.12. The van der Waals surface area contributed by atoms with Gasteiger partial charge in [-0.05, 0) is 33.6 Å². The number of aryl methyl sites for hydroxylation is 3. The Morgan fingerprint density at radius 1 is 1.10 bits per heavy atom. The SMILES string of the molecule is Cc1nc(NC(C)c2c(C)nn(C)c2C)cc(C(C)C)n1. The molecule has 0 aromatic carbocycles. The van der Waals surface area contributed by atoms with Gasteiger partial charge in [-0.25, -0.2) is 9.97 Å². The van der Waals surface area contributed by atoms with Crippen LogP contribution in [0.3, 0.4) is 0 Å². The van der Waals surface area contributed by atoms with Crippen molar-refractivity contribution in [1.29, 1.82) is 0 Å². The van der Waals surface area contributed by atoms with Gasteiger partial charge in [0, 0.05) is 30.1 Å². The minimum Gasteiger partial charge on any atom is -0.363 e. The van der Waals surface area contributed by atoms with E-state index in [2.05, 4.69) is 48.1 Å². The lowest BCUT2D eigenvalue weighted by atomic mass is 10.1. The predicted molar refractivity (Wildman–Crippen MR) is 85.6 cm³/mol. The number of nitrogens with one attached hydrogen (secondary N) is 1. The molecule has 5 nitrogen and oxygen atoms in total. The van der Waals surface area contributed by atoms with Gasteiger partial charge in [0.05, 0.1) is 11.7 Å². The molecule has 0 fully saturated rings. The van der Waals surface area contributed by atoms with Crippen LogP contribution in [0.15, 0.2) is 6.07 Å². The molecule has 1 atom stereocenters. The van der Waals surface area contributed by atoms with E-state index in [0.29, 0.717) is 5.92 Å². The lowest BCUT2D eigenvalue weighted by molar-refractivity contribution is 0.728. The van der Waals surface area contributed by atoms with Gasteiger partial charge >= 0.3 is 0 Å². The van der Waals surface area contributed by atoms with Crippen molar-refractivity contribution in [2.75, 3.05) is 5.32 Å². The minimum atomic E-state index is 0.160. The van der Waals surface area contributed by atoms with Gasteiger partial charge in [0.1, 0.15) is 11.6 Å². The summed E-state index contributed by atoms with van der Waals surface area (Å²) in [5, 5.41) is 7.97. The molecular formula is C16H25N5. The Labute approximate surface area is 126 Å². The third kappa shape index (κ3) is 3.23. The van der Waals surface area contributed by atoms with Gasteiger partial charge in [-0.1, -0.05) is 13.8 Å². The molecule has 5 heteroatoms. The smallest absolute Gasteiger partial charge is 0.130 e. The van der Waals surface area contributed by atoms with E-state index in [-0.39, 0.29) is 6.04 Å². The van der Waals surface area contributed by atoms with Crippen LogP contribution < -0.4 is 5.32 Å². The summed E-state index contributed by atoms with van der Waals surface area (Å²) in [6, 6.07) is 2.20. The molecule has 0 amide bonds. The number of rotatable bonds is 4. The summed E-state index contributed by atoms with van der Waals surface area (Å²) in [5.41, 5.74) is 4.55. The summed E-state index contributed by atoms with van der Waals surface area (Å²) in [7, 11) is 1.98. The van der Waals surface area contributed by atoms with Crippen molar-refractivity contribution in [3.8, 4) is 0 Å². The molecule has 2 heterocycles. The fourth-order valence-electron chi connectivity index (χ4n) is 2.67. The van der Waals surface area contributed by atoms with Crippen LogP contribution in [0.1, 0.15) is 61.2 Å². The summed E-state index contributed by atoms with van der Waals surface area (Å²) in [5.74, 6) is 2.07. The molecule has 0 aliphatic rings. The Hall–Kier alpha value is -1.91. The maximum atomic E-state index is 4.50. The van der Waals surface area contributed by atoms with Gasteiger partial charge in [-0.3, -0.25) is 4.68 Å². The molecule has 2 aromatic rings. The third-order valence-electron chi connectivity index (χ3n) is 3.81. The van der Waals surface area contributed by atoms with Gasteiger partial charge in [0.15, 0.2) is 0 Å². The van der Waals surface area contributed by atoms with Crippen LogP contribution >= 0.6 is 0 Å². The quantitative estimate of drug-likeness (QED) is 0.936. The van der Waals surface area contributed by atoms with Gasteiger partial charge < -0.3 is 5.32 Å². The second kappa shape index (κ2) is 5.84. The molecule has 1 N–H and O–H groups in total. The monoisotopic (exact) mass is 287 g/mol. The van der Waals surface area contributed by atoms with Crippen LogP contribution in [0.5, 0.6) is 0 Å². The average molecular weight is 287 g/mol. The number of nitrogens with zero attached hydrogens (tertiary/aromatic N) is 4. The van der Waals surface area contributed by atoms with Crippen molar-refractivity contribution in [3.63, 3.8) is 0 Å². The number of hydrogen-bond donors (Lipinski definition) is 1. The van der Waals surface area contributed by atoms with Crippen LogP contribution in [0.2, 0.25) is 0 Å². The molecule has 21 heavy (non-hydrogen) atoms. The Morgan fingerprint density at radius 2 is 1.76 bits per heavy atom. The highest BCUT2D eigenvalue weighted by Gasteiger charge is 2.17. The Morgan fingerprint density at radius 3 is 2.29 bits per heavy atom. The first-order valence-electron chi connectivity index (χ1n) is 7.41. The molecule has 0 bridgehead atoms. The minimum absolute atomic E-state index is 0.160. The number of anilines is 1. The molecule has 0 radical (unpaired) electrons. The average Bonchev–Trinajstić information content (AvgIpc) is 2.62. The standard InChI is InChI=1S/C16H25N5/c1-9(2)14-8-15(19-13(6)18-14)17-10(3)16-11(4)20-21(7)12(16)5/h8-10H,1-7H3,(H,17,18,19). The molecular weight excluding hydrogens is 262 g/mol. The van der Waals surface area contributed by atoms with Crippen molar-refractivity contribution in [3.05, 3.63) is 34.5 Å². The van der Waals surface area contributed by atoms with E-state index in [0.717, 1.165) is 23.0 Å². The second-order valence-corrected chi connectivity index (χ2v) is 5.95. The molecule has 1 unspecified atom stereocenters. The van der Waals surface area contributed by atoms with Crippen molar-refractivity contribution in [1.82, 2.24) is 19.7 Å². The van der Waals surface area contributed by atoms with Crippen molar-refractivity contribution >= 4 is 5.82 Å². The Balaban J connectivity index is 2.29. The maximum absolute atomic E-state index is 4.50. The summed E-state index contributed by atoms with van der Waals surface area (Å²) in [4.78, 5) is 8.98. The molecule has 2 aromatic heterocycles. The van der Waals surface area contributed by atoms with Crippen LogP contribution in [-0.4, -0.2) is 19.7 Å². The van der Waals surface area contributed by atoms with E-state index in [1.165, 1.54) is 11.3 Å². The van der Waals surface area contributed by atoms with Gasteiger partial charge in [-0.15, -0.1) is 0 Å². The number of hydrogen-bond acceptors (Lipinski definition) is 4. The fraction of sp³-hybridized carbons (Fsp3) is 0.562. The molecule has 0 aliphatic carbocycles. The molecule has 0 aliphatic heterocycles. The zero-order chi connectivity index (χ0) is 15.7. The van der Waals surface area contributed by atoms with E-state index in [4.69, 9.17) is 0 Å². The molecule has 0 saturated heterocycles. The Kier molecular flexibility index (Phi) is 4.30. The van der Waals surface area contributed by atoms with E-state index in [1.54, 1.807) is 0 Å². The van der Waals surface area contributed by atoms with Crippen LogP contribution in [0, 0.1) is 20.8 Å². The van der Waals surface area contributed by atoms with E-state index < -0.39 is 0 Å². The molecule has 0 saturated carbocycles. The topological polar surface area (TPSA) is 55.6 Å². The van der Waals surface area contributed by atoms with Crippen LogP contribution in [0.4, 0.5) is 5.82 Å². The van der Waals surface area contributed by atoms with E-state index in [1.807, 2.05) is 31.6 Å². The van der Waals surface area contributed by atoms with Gasteiger partial charge in [-0.2, -0.15) is 5.10 Å². The van der Waals surface area contributed by atoms with Crippen molar-refractivity contribution in [2.24, 2.45) is 7.05 Å². The summed E-state index contributed by atoms with van der Waals surface area (Å²) in [6.45, 7) is 12.5. The number of aromatic nitrogens is 4. The summed E-state index contributed by atoms with van der Waals surface area (Å²) >= 11 is 0. The first-order valence-corrected chi connectivity index (χ1v) is 7.41. The summed E-state index contributed by atoms with van der Waals surface area (Å²) < 4.78 is 1.92. The van der Waals surface area contributed by atoms with Crippen molar-refractivity contribution in [2.45, 2.75) is 53.5 Å². The lowest BCUT2D eigenvalue weighted by Gasteiger charge is -2.17. The highest BCUT2D eigenvalue weighted by Crippen LogP contribution is 2.25. The highest BCUT2D eigenvalue weighted by molar-refractivity contribution is 5.42. The zero-order valence-corrected chi connectivity index (χ0v) is 14.0. The molecule has 0 spiro atoms. The largest absolute Gasteiger partial charge is 0.363 e. The highest BCUT2D eigenvalue weighted by atomic mass is 15.3. The van der Waals surface area contributed by atoms with Gasteiger partial charge in [0.2, 0.25) is 0 Å². The predicted octanol–water partition coefficient (Wildman–Crippen LogP) is 3.43. The zero-order valence-electron chi connectivity index (χ0n) is 14.0. The normalized spacial score (nSPS) is 12.8. The maximum Gasteiger partial charge on any atom is 0.130 e. The fourth-order valence-corrected chi connectivity index (χ4v) is 2.67. The molecule has 114 valence electrons. The van der Waals surface area contributed by atoms with Crippen LogP contribution in [-0.2, 0) is 7.05 Å². The third-order valence-corrected chi connectivity index (χ3v) is 3.81. The van der Waals surface area contributed by atoms with E-state index >= 15 is 0 Å². The second-order valence-electron chi connectivity index (χ2n) is 5.95. The van der Waals surface area contributed by atoms with E-state index in [9.17, 15) is 0 Å². The van der Waals surface area contributed by atoms with Crippen LogP contribution in [0.25, 0.3) is 0 Å². The molecule has 2 rings (SSSR count).